The minimum atomic E-state index is -4.08. The Kier molecular flexibility index (Phi) is 6.42. The van der Waals surface area contributed by atoms with Crippen LogP contribution in [0.15, 0.2) is 47.4 Å². The van der Waals surface area contributed by atoms with Crippen LogP contribution in [0.25, 0.3) is 0 Å². The van der Waals surface area contributed by atoms with Crippen molar-refractivity contribution in [1.82, 2.24) is 9.78 Å². The molecule has 9 nitrogen and oxygen atoms in total. The predicted molar refractivity (Wildman–Crippen MR) is 118 cm³/mol. The summed E-state index contributed by atoms with van der Waals surface area (Å²) in [7, 11) is 0.248. The molecule has 3 aromatic rings. The molecule has 0 atom stereocenters. The molecule has 0 bridgehead atoms. The number of nitrogens with zero attached hydrogens (tertiary/aromatic N) is 2. The van der Waals surface area contributed by atoms with E-state index in [0.29, 0.717) is 11.3 Å². The summed E-state index contributed by atoms with van der Waals surface area (Å²) < 4.78 is 40.3. The van der Waals surface area contributed by atoms with Crippen molar-refractivity contribution in [2.75, 3.05) is 24.3 Å². The topological polar surface area (TPSA) is 112 Å². The molecule has 0 saturated carbocycles. The van der Waals surface area contributed by atoms with E-state index in [1.807, 2.05) is 0 Å². The van der Waals surface area contributed by atoms with E-state index >= 15 is 0 Å². The molecule has 0 aliphatic heterocycles. The van der Waals surface area contributed by atoms with Crippen LogP contribution in [0.3, 0.4) is 0 Å². The maximum absolute atomic E-state index is 13.0. The molecule has 0 spiro atoms. The van der Waals surface area contributed by atoms with Crippen molar-refractivity contribution in [2.24, 2.45) is 7.05 Å². The third-order valence-electron chi connectivity index (χ3n) is 4.42. The molecule has 1 amide bonds. The van der Waals surface area contributed by atoms with Crippen LogP contribution < -0.4 is 19.5 Å². The standard InChI is InChI=1S/C20H21ClN4O5S/c1-12-18(19(21)25(2)23-12)31(27,28)24-15-11-16(29-3)14(10-17(15)30-4)22-20(26)13-8-6-5-7-9-13/h5-11,24H,1-4H3,(H,22,26). The number of carbonyl (C=O) groups is 1. The number of hydrogen-bond acceptors (Lipinski definition) is 6. The maximum atomic E-state index is 13.0. The van der Waals surface area contributed by atoms with E-state index in [-0.39, 0.29) is 38.8 Å². The fourth-order valence-electron chi connectivity index (χ4n) is 2.97. The molecule has 0 unspecified atom stereocenters. The van der Waals surface area contributed by atoms with Crippen LogP contribution in [-0.4, -0.2) is 38.3 Å². The van der Waals surface area contributed by atoms with Gasteiger partial charge in [-0.3, -0.25) is 14.2 Å². The predicted octanol–water partition coefficient (Wildman–Crippen LogP) is 3.45. The number of carbonyl (C=O) groups excluding carboxylic acids is 1. The Hall–Kier alpha value is -3.24. The Bertz CT molecular complexity index is 1230. The first-order valence-corrected chi connectivity index (χ1v) is 10.9. The molecular formula is C20H21ClN4O5S. The number of anilines is 2. The van der Waals surface area contributed by atoms with Crippen molar-refractivity contribution in [3.63, 3.8) is 0 Å². The van der Waals surface area contributed by atoms with Gasteiger partial charge in [0, 0.05) is 24.7 Å². The first-order valence-electron chi connectivity index (χ1n) is 9.02. The second-order valence-electron chi connectivity index (χ2n) is 6.51. The summed E-state index contributed by atoms with van der Waals surface area (Å²) in [4.78, 5) is 12.4. The van der Waals surface area contributed by atoms with Crippen LogP contribution in [-0.2, 0) is 17.1 Å². The highest BCUT2D eigenvalue weighted by Crippen LogP contribution is 2.38. The number of amides is 1. The fourth-order valence-corrected chi connectivity index (χ4v) is 4.78. The summed E-state index contributed by atoms with van der Waals surface area (Å²) in [6.07, 6.45) is 0. The van der Waals surface area contributed by atoms with Gasteiger partial charge in [0.05, 0.1) is 31.3 Å². The lowest BCUT2D eigenvalue weighted by Crippen LogP contribution is -2.16. The van der Waals surface area contributed by atoms with Gasteiger partial charge >= 0.3 is 0 Å². The molecule has 0 aliphatic carbocycles. The molecule has 164 valence electrons. The summed E-state index contributed by atoms with van der Waals surface area (Å²) in [5, 5.41) is 6.75. The monoisotopic (exact) mass is 464 g/mol. The van der Waals surface area contributed by atoms with Crippen LogP contribution >= 0.6 is 11.6 Å². The summed E-state index contributed by atoms with van der Waals surface area (Å²) >= 11 is 6.12. The van der Waals surface area contributed by atoms with Crippen molar-refractivity contribution < 1.29 is 22.7 Å². The average Bonchev–Trinajstić information content (AvgIpc) is 3.01. The van der Waals surface area contributed by atoms with E-state index in [1.54, 1.807) is 44.3 Å². The largest absolute Gasteiger partial charge is 0.494 e. The molecule has 1 aromatic heterocycles. The van der Waals surface area contributed by atoms with Crippen molar-refractivity contribution >= 4 is 38.9 Å². The number of aromatic nitrogens is 2. The van der Waals surface area contributed by atoms with Gasteiger partial charge in [-0.2, -0.15) is 5.10 Å². The van der Waals surface area contributed by atoms with E-state index in [4.69, 9.17) is 21.1 Å². The molecule has 1 heterocycles. The average molecular weight is 465 g/mol. The Balaban J connectivity index is 1.98. The van der Waals surface area contributed by atoms with Gasteiger partial charge in [0.1, 0.15) is 21.5 Å². The van der Waals surface area contributed by atoms with Gasteiger partial charge in [-0.15, -0.1) is 0 Å². The number of methoxy groups -OCH3 is 2. The normalized spacial score (nSPS) is 11.1. The zero-order valence-corrected chi connectivity index (χ0v) is 18.8. The number of ether oxygens (including phenoxy) is 2. The van der Waals surface area contributed by atoms with Gasteiger partial charge in [-0.1, -0.05) is 29.8 Å². The lowest BCUT2D eigenvalue weighted by Gasteiger charge is -2.17. The summed E-state index contributed by atoms with van der Waals surface area (Å²) in [6, 6.07) is 11.5. The Morgan fingerprint density at radius 1 is 1.06 bits per heavy atom. The van der Waals surface area contributed by atoms with Gasteiger partial charge in [0.25, 0.3) is 15.9 Å². The molecule has 2 N–H and O–H groups in total. The summed E-state index contributed by atoms with van der Waals surface area (Å²) in [6.45, 7) is 1.54. The summed E-state index contributed by atoms with van der Waals surface area (Å²) in [5.41, 5.74) is 1.12. The number of halogens is 1. The minimum Gasteiger partial charge on any atom is -0.494 e. The molecule has 0 aliphatic rings. The van der Waals surface area contributed by atoms with Crippen LogP contribution in [0.2, 0.25) is 5.15 Å². The van der Waals surface area contributed by atoms with Gasteiger partial charge < -0.3 is 14.8 Å². The number of rotatable bonds is 7. The number of hydrogen-bond donors (Lipinski definition) is 2. The van der Waals surface area contributed by atoms with Crippen molar-refractivity contribution in [3.8, 4) is 11.5 Å². The molecule has 0 fully saturated rings. The van der Waals surface area contributed by atoms with Crippen molar-refractivity contribution in [1.29, 1.82) is 0 Å². The molecule has 3 rings (SSSR count). The molecule has 2 aromatic carbocycles. The summed E-state index contributed by atoms with van der Waals surface area (Å²) in [5.74, 6) is 0.0502. The second kappa shape index (κ2) is 8.86. The van der Waals surface area contributed by atoms with Gasteiger partial charge in [0.15, 0.2) is 0 Å². The SMILES string of the molecule is COc1cc(NS(=O)(=O)c2c(C)nn(C)c2Cl)c(OC)cc1NC(=O)c1ccccc1. The van der Waals surface area contributed by atoms with Gasteiger partial charge in [-0.05, 0) is 19.1 Å². The highest BCUT2D eigenvalue weighted by Gasteiger charge is 2.27. The lowest BCUT2D eigenvalue weighted by atomic mass is 10.2. The highest BCUT2D eigenvalue weighted by atomic mass is 35.5. The van der Waals surface area contributed by atoms with Crippen LogP contribution in [0.1, 0.15) is 16.1 Å². The lowest BCUT2D eigenvalue weighted by molar-refractivity contribution is 0.102. The zero-order chi connectivity index (χ0) is 22.8. The molecular weight excluding hydrogens is 444 g/mol. The zero-order valence-electron chi connectivity index (χ0n) is 17.3. The molecule has 0 radical (unpaired) electrons. The number of aryl methyl sites for hydroxylation is 2. The van der Waals surface area contributed by atoms with Gasteiger partial charge in [0.2, 0.25) is 0 Å². The van der Waals surface area contributed by atoms with Crippen LogP contribution in [0.4, 0.5) is 11.4 Å². The van der Waals surface area contributed by atoms with Crippen LogP contribution in [0.5, 0.6) is 11.5 Å². The fraction of sp³-hybridized carbons (Fsp3) is 0.200. The molecule has 0 saturated heterocycles. The Labute approximate surface area is 185 Å². The van der Waals surface area contributed by atoms with Gasteiger partial charge in [-0.25, -0.2) is 8.42 Å². The van der Waals surface area contributed by atoms with E-state index in [0.717, 1.165) is 0 Å². The quantitative estimate of drug-likeness (QED) is 0.554. The molecule has 31 heavy (non-hydrogen) atoms. The number of sulfonamides is 1. The van der Waals surface area contributed by atoms with E-state index in [1.165, 1.54) is 31.0 Å². The van der Waals surface area contributed by atoms with E-state index in [9.17, 15) is 13.2 Å². The highest BCUT2D eigenvalue weighted by molar-refractivity contribution is 7.92. The maximum Gasteiger partial charge on any atom is 0.266 e. The second-order valence-corrected chi connectivity index (χ2v) is 8.48. The van der Waals surface area contributed by atoms with E-state index < -0.39 is 10.0 Å². The van der Waals surface area contributed by atoms with Crippen molar-refractivity contribution in [3.05, 3.63) is 58.9 Å². The third-order valence-corrected chi connectivity index (χ3v) is 6.48. The van der Waals surface area contributed by atoms with Crippen molar-refractivity contribution in [2.45, 2.75) is 11.8 Å². The Morgan fingerprint density at radius 2 is 1.65 bits per heavy atom. The van der Waals surface area contributed by atoms with Crippen LogP contribution in [0, 0.1) is 6.92 Å². The number of nitrogens with one attached hydrogen (secondary N) is 2. The number of benzene rings is 2. The Morgan fingerprint density at radius 3 is 2.19 bits per heavy atom. The molecule has 11 heteroatoms. The first-order chi connectivity index (χ1) is 14.7. The first kappa shape index (κ1) is 22.4. The third kappa shape index (κ3) is 4.59. The minimum absolute atomic E-state index is 0.0253. The smallest absolute Gasteiger partial charge is 0.266 e. The van der Waals surface area contributed by atoms with E-state index in [2.05, 4.69) is 15.1 Å².